The highest BCUT2D eigenvalue weighted by Crippen LogP contribution is 2.23. The number of anilines is 3. The molecular formula is C11H8ClN5. The third-order valence-corrected chi connectivity index (χ3v) is 2.27. The van der Waals surface area contributed by atoms with E-state index in [9.17, 15) is 0 Å². The van der Waals surface area contributed by atoms with Gasteiger partial charge in [-0.15, -0.1) is 0 Å². The van der Waals surface area contributed by atoms with Crippen molar-refractivity contribution in [1.82, 2.24) is 9.97 Å². The molecule has 0 bridgehead atoms. The zero-order valence-electron chi connectivity index (χ0n) is 8.68. The predicted molar refractivity (Wildman–Crippen MR) is 65.9 cm³/mol. The number of hydrogen-bond donors (Lipinski definition) is 2. The first-order valence-corrected chi connectivity index (χ1v) is 5.12. The predicted octanol–water partition coefficient (Wildman–Crippen LogP) is 2.33. The van der Waals surface area contributed by atoms with Crippen molar-refractivity contribution in [1.29, 1.82) is 5.26 Å². The van der Waals surface area contributed by atoms with Gasteiger partial charge in [-0.2, -0.15) is 10.2 Å². The quantitative estimate of drug-likeness (QED) is 0.848. The number of nitrogens with zero attached hydrogens (tertiary/aromatic N) is 3. The van der Waals surface area contributed by atoms with Gasteiger partial charge < -0.3 is 11.1 Å². The molecule has 0 fully saturated rings. The Bertz CT molecular complexity index is 591. The summed E-state index contributed by atoms with van der Waals surface area (Å²) in [6.07, 6.45) is 1.53. The molecule has 3 N–H and O–H groups in total. The van der Waals surface area contributed by atoms with E-state index in [-0.39, 0.29) is 5.95 Å². The van der Waals surface area contributed by atoms with Gasteiger partial charge in [-0.05, 0) is 24.3 Å². The molecule has 0 saturated carbocycles. The number of hydrogen-bond acceptors (Lipinski definition) is 5. The van der Waals surface area contributed by atoms with E-state index in [1.165, 1.54) is 6.20 Å². The van der Waals surface area contributed by atoms with Gasteiger partial charge in [-0.1, -0.05) is 11.6 Å². The van der Waals surface area contributed by atoms with Crippen LogP contribution in [0.5, 0.6) is 0 Å². The molecule has 0 aliphatic heterocycles. The number of nitrogens with one attached hydrogen (secondary N) is 1. The molecule has 0 unspecified atom stereocenters. The zero-order valence-corrected chi connectivity index (χ0v) is 9.44. The summed E-state index contributed by atoms with van der Waals surface area (Å²) in [7, 11) is 0. The van der Waals surface area contributed by atoms with Crippen LogP contribution in [0.2, 0.25) is 5.02 Å². The Morgan fingerprint density at radius 2 is 2.18 bits per heavy atom. The van der Waals surface area contributed by atoms with Crippen LogP contribution in [-0.2, 0) is 0 Å². The van der Waals surface area contributed by atoms with Gasteiger partial charge in [0.1, 0.15) is 11.9 Å². The number of rotatable bonds is 2. The summed E-state index contributed by atoms with van der Waals surface area (Å²) in [5.74, 6) is 0.673. The van der Waals surface area contributed by atoms with Gasteiger partial charge >= 0.3 is 0 Å². The molecule has 1 aromatic heterocycles. The molecule has 2 aromatic rings. The third-order valence-electron chi connectivity index (χ3n) is 2.04. The second kappa shape index (κ2) is 4.68. The molecule has 6 heteroatoms. The van der Waals surface area contributed by atoms with Gasteiger partial charge in [-0.25, -0.2) is 4.98 Å². The smallest absolute Gasteiger partial charge is 0.221 e. The Morgan fingerprint density at radius 3 is 2.88 bits per heavy atom. The van der Waals surface area contributed by atoms with E-state index in [4.69, 9.17) is 22.6 Å². The summed E-state index contributed by atoms with van der Waals surface area (Å²) in [5.41, 5.74) is 6.52. The fraction of sp³-hybridized carbons (Fsp3) is 0. The van der Waals surface area contributed by atoms with Crippen LogP contribution >= 0.6 is 11.6 Å². The van der Waals surface area contributed by atoms with Crippen molar-refractivity contribution in [3.63, 3.8) is 0 Å². The maximum absolute atomic E-state index is 8.95. The van der Waals surface area contributed by atoms with Crippen molar-refractivity contribution in [2.75, 3.05) is 11.1 Å². The number of nitrogen functional groups attached to an aromatic ring is 1. The van der Waals surface area contributed by atoms with Crippen molar-refractivity contribution >= 4 is 29.1 Å². The van der Waals surface area contributed by atoms with Crippen LogP contribution in [0.1, 0.15) is 5.56 Å². The monoisotopic (exact) mass is 245 g/mol. The van der Waals surface area contributed by atoms with Crippen LogP contribution in [0.15, 0.2) is 30.5 Å². The molecule has 0 spiro atoms. The van der Waals surface area contributed by atoms with Crippen LogP contribution in [0, 0.1) is 11.3 Å². The fourth-order valence-electron chi connectivity index (χ4n) is 1.30. The molecule has 0 amide bonds. The lowest BCUT2D eigenvalue weighted by Crippen LogP contribution is -2.00. The highest BCUT2D eigenvalue weighted by Gasteiger charge is 2.04. The second-order valence-electron chi connectivity index (χ2n) is 3.23. The first kappa shape index (κ1) is 11.2. The van der Waals surface area contributed by atoms with E-state index in [1.54, 1.807) is 24.3 Å². The van der Waals surface area contributed by atoms with Crippen LogP contribution in [0.4, 0.5) is 17.5 Å². The molecule has 5 nitrogen and oxygen atoms in total. The number of benzene rings is 1. The lowest BCUT2D eigenvalue weighted by atomic mass is 10.2. The van der Waals surface area contributed by atoms with Gasteiger partial charge in [0.25, 0.3) is 0 Å². The molecule has 1 aromatic carbocycles. The summed E-state index contributed by atoms with van der Waals surface area (Å²) >= 11 is 5.86. The molecule has 84 valence electrons. The largest absolute Gasteiger partial charge is 0.368 e. The molecule has 0 aliphatic carbocycles. The maximum Gasteiger partial charge on any atom is 0.221 e. The molecule has 1 heterocycles. The normalized spacial score (nSPS) is 9.65. The summed E-state index contributed by atoms with van der Waals surface area (Å²) in [4.78, 5) is 7.75. The molecule has 2 rings (SSSR count). The number of aromatic nitrogens is 2. The Kier molecular flexibility index (Phi) is 3.08. The van der Waals surface area contributed by atoms with Gasteiger partial charge in [0.15, 0.2) is 0 Å². The zero-order chi connectivity index (χ0) is 12.3. The van der Waals surface area contributed by atoms with E-state index >= 15 is 0 Å². The van der Waals surface area contributed by atoms with Crippen molar-refractivity contribution < 1.29 is 0 Å². The Morgan fingerprint density at radius 1 is 1.35 bits per heavy atom. The summed E-state index contributed by atoms with van der Waals surface area (Å²) in [6, 6.07) is 8.65. The number of halogens is 1. The van der Waals surface area contributed by atoms with Crippen LogP contribution in [0.25, 0.3) is 0 Å². The minimum absolute atomic E-state index is 0.163. The Labute approximate surface area is 103 Å². The van der Waals surface area contributed by atoms with Crippen LogP contribution in [0.3, 0.4) is 0 Å². The van der Waals surface area contributed by atoms with Crippen molar-refractivity contribution in [2.24, 2.45) is 0 Å². The summed E-state index contributed by atoms with van der Waals surface area (Å²) < 4.78 is 0. The molecule has 0 aliphatic rings. The van der Waals surface area contributed by atoms with Crippen LogP contribution < -0.4 is 11.1 Å². The SMILES string of the molecule is N#Cc1ccc(Cl)cc1Nc1ccnc(N)n1. The van der Waals surface area contributed by atoms with E-state index in [1.807, 2.05) is 0 Å². The molecule has 0 radical (unpaired) electrons. The molecule has 17 heavy (non-hydrogen) atoms. The highest BCUT2D eigenvalue weighted by molar-refractivity contribution is 6.30. The first-order chi connectivity index (χ1) is 8.19. The van der Waals surface area contributed by atoms with Gasteiger partial charge in [0, 0.05) is 11.2 Å². The summed E-state index contributed by atoms with van der Waals surface area (Å²) in [6.45, 7) is 0. The number of nitrogens with two attached hydrogens (primary N) is 1. The Hall–Kier alpha value is -2.32. The number of nitriles is 1. The Balaban J connectivity index is 2.36. The second-order valence-corrected chi connectivity index (χ2v) is 3.66. The molecule has 0 saturated heterocycles. The standard InChI is InChI=1S/C11H8ClN5/c12-8-2-1-7(6-13)9(5-8)16-10-3-4-15-11(14)17-10/h1-5H,(H3,14,15,16,17). The molecule has 0 atom stereocenters. The maximum atomic E-state index is 8.95. The highest BCUT2D eigenvalue weighted by atomic mass is 35.5. The van der Waals surface area contributed by atoms with E-state index in [2.05, 4.69) is 21.4 Å². The average Bonchev–Trinajstić information content (AvgIpc) is 2.29. The van der Waals surface area contributed by atoms with Gasteiger partial charge in [-0.3, -0.25) is 0 Å². The van der Waals surface area contributed by atoms with Gasteiger partial charge in [0.2, 0.25) is 5.95 Å². The lowest BCUT2D eigenvalue weighted by Gasteiger charge is -2.07. The summed E-state index contributed by atoms with van der Waals surface area (Å²) in [5, 5.41) is 12.5. The van der Waals surface area contributed by atoms with Crippen LogP contribution in [-0.4, -0.2) is 9.97 Å². The fourth-order valence-corrected chi connectivity index (χ4v) is 1.47. The van der Waals surface area contributed by atoms with Crippen molar-refractivity contribution in [3.8, 4) is 6.07 Å². The first-order valence-electron chi connectivity index (χ1n) is 4.74. The van der Waals surface area contributed by atoms with E-state index in [0.717, 1.165) is 0 Å². The lowest BCUT2D eigenvalue weighted by molar-refractivity contribution is 1.18. The van der Waals surface area contributed by atoms with Crippen molar-refractivity contribution in [2.45, 2.75) is 0 Å². The van der Waals surface area contributed by atoms with E-state index in [0.29, 0.717) is 22.1 Å². The van der Waals surface area contributed by atoms with E-state index < -0.39 is 0 Å². The average molecular weight is 246 g/mol. The van der Waals surface area contributed by atoms with Gasteiger partial charge in [0.05, 0.1) is 11.3 Å². The third kappa shape index (κ3) is 2.62. The topological polar surface area (TPSA) is 87.6 Å². The minimum atomic E-state index is 0.163. The van der Waals surface area contributed by atoms with Crippen molar-refractivity contribution in [3.05, 3.63) is 41.0 Å². The molecular weight excluding hydrogens is 238 g/mol. The minimum Gasteiger partial charge on any atom is -0.368 e.